The van der Waals surface area contributed by atoms with Crippen molar-refractivity contribution < 1.29 is 13.9 Å². The van der Waals surface area contributed by atoms with Crippen molar-refractivity contribution in [1.82, 2.24) is 19.8 Å². The van der Waals surface area contributed by atoms with Crippen molar-refractivity contribution in [2.75, 3.05) is 7.11 Å². The van der Waals surface area contributed by atoms with Gasteiger partial charge in [-0.1, -0.05) is 0 Å². The zero-order valence-electron chi connectivity index (χ0n) is 15.0. The molecule has 0 spiro atoms. The first-order valence-corrected chi connectivity index (χ1v) is 8.55. The fraction of sp³-hybridized carbons (Fsp3) is 0.211. The Labute approximate surface area is 160 Å². The van der Waals surface area contributed by atoms with E-state index in [0.29, 0.717) is 12.2 Å². The van der Waals surface area contributed by atoms with Gasteiger partial charge in [-0.15, -0.1) is 5.10 Å². The highest BCUT2D eigenvalue weighted by Crippen LogP contribution is 2.33. The van der Waals surface area contributed by atoms with Crippen molar-refractivity contribution in [3.63, 3.8) is 0 Å². The smallest absolute Gasteiger partial charge is 0.265 e. The number of ether oxygens (including phenoxy) is 1. The summed E-state index contributed by atoms with van der Waals surface area (Å²) in [6, 6.07) is 12.6. The van der Waals surface area contributed by atoms with Crippen LogP contribution in [0.2, 0.25) is 0 Å². The van der Waals surface area contributed by atoms with E-state index in [0.717, 1.165) is 17.0 Å². The van der Waals surface area contributed by atoms with Crippen molar-refractivity contribution in [2.45, 2.75) is 19.0 Å². The largest absolute Gasteiger partial charge is 0.497 e. The molecule has 1 atom stereocenters. The van der Waals surface area contributed by atoms with Crippen LogP contribution in [0.1, 0.15) is 29.6 Å². The predicted molar refractivity (Wildman–Crippen MR) is 97.2 cm³/mol. The van der Waals surface area contributed by atoms with Crippen LogP contribution < -0.4 is 4.74 Å². The lowest BCUT2D eigenvalue weighted by atomic mass is 10.0. The van der Waals surface area contributed by atoms with Crippen LogP contribution in [0.3, 0.4) is 0 Å². The standard InChI is InChI=1S/C19H16N6O3/c1-27-14-6-4-13(5-7-14)15-9-16(17-3-2-8-28-17)25(22-15)19(26)11-24-12-21-18(10-20)23-24/h2-8,12,16H,9,11H2,1H3/t16-/m0/s1. The molecule has 0 aliphatic carbocycles. The Morgan fingerprint density at radius 3 is 2.82 bits per heavy atom. The fourth-order valence-corrected chi connectivity index (χ4v) is 3.03. The first-order chi connectivity index (χ1) is 13.7. The SMILES string of the molecule is COc1ccc(C2=NN(C(=O)Cn3cnc(C#N)n3)[C@H](c3ccco3)C2)cc1. The molecular weight excluding hydrogens is 360 g/mol. The average Bonchev–Trinajstić information content (AvgIpc) is 3.47. The van der Waals surface area contributed by atoms with Crippen LogP contribution in [0.4, 0.5) is 0 Å². The Morgan fingerprint density at radius 2 is 2.18 bits per heavy atom. The summed E-state index contributed by atoms with van der Waals surface area (Å²) in [5.41, 5.74) is 1.67. The number of rotatable bonds is 5. The number of benzene rings is 1. The van der Waals surface area contributed by atoms with Gasteiger partial charge in [0.15, 0.2) is 0 Å². The molecule has 140 valence electrons. The number of hydrogen-bond donors (Lipinski definition) is 0. The van der Waals surface area contributed by atoms with Gasteiger partial charge in [0.1, 0.15) is 36.5 Å². The lowest BCUT2D eigenvalue weighted by Gasteiger charge is -2.19. The summed E-state index contributed by atoms with van der Waals surface area (Å²) in [6.07, 6.45) is 3.44. The summed E-state index contributed by atoms with van der Waals surface area (Å²) in [5.74, 6) is 1.13. The molecule has 3 aromatic rings. The molecule has 0 saturated carbocycles. The third-order valence-corrected chi connectivity index (χ3v) is 4.39. The third-order valence-electron chi connectivity index (χ3n) is 4.39. The monoisotopic (exact) mass is 376 g/mol. The van der Waals surface area contributed by atoms with Gasteiger partial charge in [-0.2, -0.15) is 10.4 Å². The highest BCUT2D eigenvalue weighted by atomic mass is 16.5. The van der Waals surface area contributed by atoms with E-state index in [-0.39, 0.29) is 24.3 Å². The van der Waals surface area contributed by atoms with Crippen LogP contribution in [0.15, 0.2) is 58.5 Å². The van der Waals surface area contributed by atoms with Gasteiger partial charge < -0.3 is 9.15 Å². The van der Waals surface area contributed by atoms with Gasteiger partial charge in [0.05, 0.1) is 19.1 Å². The van der Waals surface area contributed by atoms with Crippen molar-refractivity contribution in [3.05, 3.63) is 66.1 Å². The second-order valence-electron chi connectivity index (χ2n) is 6.13. The summed E-state index contributed by atoms with van der Waals surface area (Å²) in [4.78, 5) is 16.7. The number of amides is 1. The van der Waals surface area contributed by atoms with Crippen LogP contribution >= 0.6 is 0 Å². The second-order valence-corrected chi connectivity index (χ2v) is 6.13. The number of hydrogen-bond acceptors (Lipinski definition) is 7. The van der Waals surface area contributed by atoms with E-state index in [9.17, 15) is 4.79 Å². The maximum Gasteiger partial charge on any atom is 0.265 e. The Bertz CT molecular complexity index is 1050. The van der Waals surface area contributed by atoms with Gasteiger partial charge in [0.2, 0.25) is 0 Å². The van der Waals surface area contributed by atoms with E-state index in [1.165, 1.54) is 16.0 Å². The Morgan fingerprint density at radius 1 is 1.36 bits per heavy atom. The average molecular weight is 376 g/mol. The lowest BCUT2D eigenvalue weighted by molar-refractivity contribution is -0.134. The topological polar surface area (TPSA) is 110 Å². The van der Waals surface area contributed by atoms with Crippen molar-refractivity contribution in [3.8, 4) is 11.8 Å². The number of aromatic nitrogens is 3. The van der Waals surface area contributed by atoms with Gasteiger partial charge in [0, 0.05) is 6.42 Å². The normalized spacial score (nSPS) is 15.9. The van der Waals surface area contributed by atoms with E-state index >= 15 is 0 Å². The summed E-state index contributed by atoms with van der Waals surface area (Å²) >= 11 is 0. The van der Waals surface area contributed by atoms with E-state index < -0.39 is 0 Å². The maximum atomic E-state index is 12.9. The number of furan rings is 1. The van der Waals surface area contributed by atoms with Gasteiger partial charge >= 0.3 is 0 Å². The van der Waals surface area contributed by atoms with Gasteiger partial charge in [-0.05, 0) is 42.0 Å². The molecule has 0 radical (unpaired) electrons. The zero-order chi connectivity index (χ0) is 19.5. The number of methoxy groups -OCH3 is 1. The fourth-order valence-electron chi connectivity index (χ4n) is 3.03. The molecule has 4 rings (SSSR count). The second kappa shape index (κ2) is 7.36. The minimum atomic E-state index is -0.349. The van der Waals surface area contributed by atoms with Crippen LogP contribution in [0.25, 0.3) is 0 Å². The molecule has 1 amide bonds. The van der Waals surface area contributed by atoms with Gasteiger partial charge in [-0.25, -0.2) is 14.7 Å². The zero-order valence-corrected chi connectivity index (χ0v) is 15.0. The number of hydrazone groups is 1. The molecule has 28 heavy (non-hydrogen) atoms. The molecule has 1 aliphatic rings. The van der Waals surface area contributed by atoms with Crippen LogP contribution in [0, 0.1) is 11.3 Å². The Balaban J connectivity index is 1.61. The molecule has 2 aromatic heterocycles. The lowest BCUT2D eigenvalue weighted by Crippen LogP contribution is -2.30. The molecule has 0 fully saturated rings. The van der Waals surface area contributed by atoms with Crippen LogP contribution in [-0.2, 0) is 11.3 Å². The van der Waals surface area contributed by atoms with Crippen molar-refractivity contribution in [2.24, 2.45) is 5.10 Å². The van der Waals surface area contributed by atoms with Gasteiger partial charge in [0.25, 0.3) is 11.7 Å². The number of nitriles is 1. The van der Waals surface area contributed by atoms with Crippen LogP contribution in [0.5, 0.6) is 5.75 Å². The van der Waals surface area contributed by atoms with Crippen molar-refractivity contribution in [1.29, 1.82) is 5.26 Å². The highest BCUT2D eigenvalue weighted by molar-refractivity contribution is 6.03. The molecule has 1 aromatic carbocycles. The van der Waals surface area contributed by atoms with E-state index in [2.05, 4.69) is 15.2 Å². The summed E-state index contributed by atoms with van der Waals surface area (Å²) < 4.78 is 12.0. The molecule has 0 bridgehead atoms. The summed E-state index contributed by atoms with van der Waals surface area (Å²) in [6.45, 7) is -0.0781. The number of nitrogens with zero attached hydrogens (tertiary/aromatic N) is 6. The maximum absolute atomic E-state index is 12.9. The molecule has 3 heterocycles. The highest BCUT2D eigenvalue weighted by Gasteiger charge is 2.35. The summed E-state index contributed by atoms with van der Waals surface area (Å²) in [5, 5.41) is 18.7. The third kappa shape index (κ3) is 3.35. The number of carbonyl (C=O) groups is 1. The van der Waals surface area contributed by atoms with E-state index in [4.69, 9.17) is 14.4 Å². The molecule has 1 aliphatic heterocycles. The minimum Gasteiger partial charge on any atom is -0.497 e. The first kappa shape index (κ1) is 17.5. The molecule has 0 unspecified atom stereocenters. The summed E-state index contributed by atoms with van der Waals surface area (Å²) in [7, 11) is 1.61. The Kier molecular flexibility index (Phi) is 4.60. The molecule has 0 N–H and O–H groups in total. The predicted octanol–water partition coefficient (Wildman–Crippen LogP) is 2.13. The quantitative estimate of drug-likeness (QED) is 0.675. The van der Waals surface area contributed by atoms with Crippen molar-refractivity contribution >= 4 is 11.6 Å². The molecule has 9 nitrogen and oxygen atoms in total. The molecule has 9 heteroatoms. The van der Waals surface area contributed by atoms with Crippen LogP contribution in [-0.4, -0.2) is 38.5 Å². The molecular formula is C19H16N6O3. The van der Waals surface area contributed by atoms with Gasteiger partial charge in [-0.3, -0.25) is 4.79 Å². The molecule has 0 saturated heterocycles. The van der Waals surface area contributed by atoms with E-state index in [1.54, 1.807) is 19.4 Å². The van der Waals surface area contributed by atoms with E-state index in [1.807, 2.05) is 36.4 Å². The number of carbonyl (C=O) groups excluding carboxylic acids is 1. The minimum absolute atomic E-state index is 0.0132. The first-order valence-electron chi connectivity index (χ1n) is 8.55. The Hall–Kier alpha value is -3.93.